The van der Waals surface area contributed by atoms with Crippen LogP contribution in [0.4, 0.5) is 11.6 Å². The molecule has 0 aliphatic carbocycles. The predicted molar refractivity (Wildman–Crippen MR) is 93.7 cm³/mol. The van der Waals surface area contributed by atoms with Gasteiger partial charge in [0, 0.05) is 23.6 Å². The molecule has 9 heteroatoms. The molecule has 7 nitrogen and oxygen atoms in total. The standard InChI is InChI=1S/C15H11BrClN5O2/c1-24-13-3-2-11(17)4-12(13)22-14(23)9(5-18)6-19-15-20-7-10(16)8-21-15/h2-4,6-8H,1H3,(H,22,23)(H,19,20,21)/b9-6-. The van der Waals surface area contributed by atoms with Crippen LogP contribution in [0.5, 0.6) is 5.75 Å². The van der Waals surface area contributed by atoms with Gasteiger partial charge in [-0.15, -0.1) is 0 Å². The first kappa shape index (κ1) is 17.7. The van der Waals surface area contributed by atoms with Crippen LogP contribution in [0, 0.1) is 11.3 Å². The number of hydrogen-bond acceptors (Lipinski definition) is 6. The first-order chi connectivity index (χ1) is 11.5. The van der Waals surface area contributed by atoms with Crippen molar-refractivity contribution in [3.8, 4) is 11.8 Å². The molecule has 0 aliphatic heterocycles. The lowest BCUT2D eigenvalue weighted by atomic mass is 10.2. The van der Waals surface area contributed by atoms with Gasteiger partial charge in [-0.2, -0.15) is 5.26 Å². The number of halogens is 2. The maximum absolute atomic E-state index is 12.2. The number of nitrogens with one attached hydrogen (secondary N) is 2. The van der Waals surface area contributed by atoms with Crippen molar-refractivity contribution in [2.75, 3.05) is 17.7 Å². The van der Waals surface area contributed by atoms with Crippen molar-refractivity contribution >= 4 is 45.1 Å². The molecule has 0 aliphatic rings. The van der Waals surface area contributed by atoms with Gasteiger partial charge >= 0.3 is 0 Å². The van der Waals surface area contributed by atoms with Crippen LogP contribution >= 0.6 is 27.5 Å². The van der Waals surface area contributed by atoms with Crippen LogP contribution < -0.4 is 15.4 Å². The first-order valence-electron chi connectivity index (χ1n) is 6.52. The van der Waals surface area contributed by atoms with Crippen LogP contribution in [0.1, 0.15) is 0 Å². The number of nitrogens with zero attached hydrogens (tertiary/aromatic N) is 3. The minimum absolute atomic E-state index is 0.163. The summed E-state index contributed by atoms with van der Waals surface area (Å²) in [6, 6.07) is 6.57. The van der Waals surface area contributed by atoms with Crippen molar-refractivity contribution < 1.29 is 9.53 Å². The number of rotatable bonds is 5. The van der Waals surface area contributed by atoms with Crippen molar-refractivity contribution in [2.24, 2.45) is 0 Å². The molecule has 0 saturated heterocycles. The average Bonchev–Trinajstić information content (AvgIpc) is 2.57. The Morgan fingerprint density at radius 1 is 1.42 bits per heavy atom. The summed E-state index contributed by atoms with van der Waals surface area (Å²) in [5.41, 5.74) is 0.194. The highest BCUT2D eigenvalue weighted by atomic mass is 79.9. The monoisotopic (exact) mass is 407 g/mol. The van der Waals surface area contributed by atoms with E-state index in [4.69, 9.17) is 21.6 Å². The third-order valence-electron chi connectivity index (χ3n) is 2.74. The van der Waals surface area contributed by atoms with Gasteiger partial charge in [0.2, 0.25) is 5.95 Å². The Bertz CT molecular complexity index is 818. The SMILES string of the molecule is COc1ccc(Cl)cc1NC(=O)/C(C#N)=C\Nc1ncc(Br)cn1. The second kappa shape index (κ2) is 8.29. The van der Waals surface area contributed by atoms with Crippen LogP contribution in [-0.4, -0.2) is 23.0 Å². The largest absolute Gasteiger partial charge is 0.495 e. The van der Waals surface area contributed by atoms with E-state index < -0.39 is 5.91 Å². The Balaban J connectivity index is 2.14. The van der Waals surface area contributed by atoms with Gasteiger partial charge in [0.15, 0.2) is 0 Å². The zero-order chi connectivity index (χ0) is 17.5. The molecule has 0 bridgehead atoms. The molecule has 1 aromatic carbocycles. The maximum atomic E-state index is 12.2. The summed E-state index contributed by atoms with van der Waals surface area (Å²) in [6.07, 6.45) is 4.29. The molecule has 0 radical (unpaired) electrons. The fraction of sp³-hybridized carbons (Fsp3) is 0.0667. The number of amides is 1. The highest BCUT2D eigenvalue weighted by Gasteiger charge is 2.13. The molecule has 0 unspecified atom stereocenters. The van der Waals surface area contributed by atoms with Crippen LogP contribution in [0.3, 0.4) is 0 Å². The van der Waals surface area contributed by atoms with Crippen molar-refractivity contribution in [3.63, 3.8) is 0 Å². The van der Waals surface area contributed by atoms with Crippen molar-refractivity contribution in [1.82, 2.24) is 9.97 Å². The molecule has 1 amide bonds. The van der Waals surface area contributed by atoms with Crippen LogP contribution in [0.15, 0.2) is 46.8 Å². The van der Waals surface area contributed by atoms with Crippen molar-refractivity contribution in [1.29, 1.82) is 5.26 Å². The molecule has 2 rings (SSSR count). The topological polar surface area (TPSA) is 99.9 Å². The number of anilines is 2. The highest BCUT2D eigenvalue weighted by Crippen LogP contribution is 2.27. The summed E-state index contributed by atoms with van der Waals surface area (Å²) in [4.78, 5) is 20.2. The van der Waals surface area contributed by atoms with E-state index >= 15 is 0 Å². The number of carbonyl (C=O) groups excluding carboxylic acids is 1. The smallest absolute Gasteiger partial charge is 0.267 e. The van der Waals surface area contributed by atoms with Gasteiger partial charge in [0.25, 0.3) is 5.91 Å². The fourth-order valence-electron chi connectivity index (χ4n) is 1.64. The van der Waals surface area contributed by atoms with E-state index in [9.17, 15) is 4.79 Å². The summed E-state index contributed by atoms with van der Waals surface area (Å²) in [6.45, 7) is 0. The highest BCUT2D eigenvalue weighted by molar-refractivity contribution is 9.10. The van der Waals surface area contributed by atoms with Gasteiger partial charge in [-0.25, -0.2) is 9.97 Å². The number of hydrogen-bond donors (Lipinski definition) is 2. The molecule has 1 heterocycles. The van der Waals surface area contributed by atoms with Gasteiger partial charge < -0.3 is 15.4 Å². The molecule has 24 heavy (non-hydrogen) atoms. The molecule has 2 aromatic rings. The second-order valence-electron chi connectivity index (χ2n) is 4.34. The molecule has 0 atom stereocenters. The Labute approximate surface area is 151 Å². The number of nitriles is 1. The van der Waals surface area contributed by atoms with Crippen molar-refractivity contribution in [2.45, 2.75) is 0 Å². The molecular weight excluding hydrogens is 398 g/mol. The zero-order valence-corrected chi connectivity index (χ0v) is 14.7. The van der Waals surface area contributed by atoms with Gasteiger partial charge in [-0.05, 0) is 34.1 Å². The summed E-state index contributed by atoms with van der Waals surface area (Å²) in [5.74, 6) is 0.0519. The van der Waals surface area contributed by atoms with E-state index in [1.54, 1.807) is 18.2 Å². The average molecular weight is 409 g/mol. The van der Waals surface area contributed by atoms with Gasteiger partial charge in [0.05, 0.1) is 17.3 Å². The minimum Gasteiger partial charge on any atom is -0.495 e. The molecular formula is C15H11BrClN5O2. The number of ether oxygens (including phenoxy) is 1. The summed E-state index contributed by atoms with van der Waals surface area (Å²) >= 11 is 9.12. The van der Waals surface area contributed by atoms with E-state index in [2.05, 4.69) is 36.5 Å². The lowest BCUT2D eigenvalue weighted by Crippen LogP contribution is -2.15. The molecule has 1 aromatic heterocycles. The molecule has 0 fully saturated rings. The Kier molecular flexibility index (Phi) is 6.12. The Morgan fingerprint density at radius 2 is 2.12 bits per heavy atom. The van der Waals surface area contributed by atoms with Gasteiger partial charge in [-0.3, -0.25) is 4.79 Å². The zero-order valence-electron chi connectivity index (χ0n) is 12.4. The van der Waals surface area contributed by atoms with Crippen LogP contribution in [0.2, 0.25) is 5.02 Å². The fourth-order valence-corrected chi connectivity index (χ4v) is 2.02. The van der Waals surface area contributed by atoms with E-state index in [0.29, 0.717) is 20.9 Å². The first-order valence-corrected chi connectivity index (χ1v) is 7.70. The van der Waals surface area contributed by atoms with Gasteiger partial charge in [-0.1, -0.05) is 11.6 Å². The van der Waals surface area contributed by atoms with E-state index in [0.717, 1.165) is 0 Å². The molecule has 0 spiro atoms. The molecule has 122 valence electrons. The molecule has 0 saturated carbocycles. The lowest BCUT2D eigenvalue weighted by Gasteiger charge is -2.10. The molecule has 2 N–H and O–H groups in total. The summed E-state index contributed by atoms with van der Waals surface area (Å²) in [7, 11) is 1.46. The number of carbonyl (C=O) groups is 1. The van der Waals surface area contributed by atoms with Crippen LogP contribution in [-0.2, 0) is 4.79 Å². The Morgan fingerprint density at radius 3 is 2.75 bits per heavy atom. The number of methoxy groups -OCH3 is 1. The normalized spacial score (nSPS) is 10.7. The maximum Gasteiger partial charge on any atom is 0.267 e. The Hall–Kier alpha value is -2.63. The summed E-state index contributed by atoms with van der Waals surface area (Å²) < 4.78 is 5.85. The third-order valence-corrected chi connectivity index (χ3v) is 3.39. The second-order valence-corrected chi connectivity index (χ2v) is 5.69. The quantitative estimate of drug-likeness (QED) is 0.581. The lowest BCUT2D eigenvalue weighted by molar-refractivity contribution is -0.112. The minimum atomic E-state index is -0.623. The number of benzene rings is 1. The van der Waals surface area contributed by atoms with E-state index in [-0.39, 0.29) is 11.5 Å². The van der Waals surface area contributed by atoms with E-state index in [1.165, 1.54) is 31.8 Å². The third kappa shape index (κ3) is 4.68. The van der Waals surface area contributed by atoms with Crippen molar-refractivity contribution in [3.05, 3.63) is 51.9 Å². The van der Waals surface area contributed by atoms with Crippen LogP contribution in [0.25, 0.3) is 0 Å². The summed E-state index contributed by atoms with van der Waals surface area (Å²) in [5, 5.41) is 14.8. The predicted octanol–water partition coefficient (Wildman–Crippen LogP) is 3.36. The van der Waals surface area contributed by atoms with Gasteiger partial charge in [0.1, 0.15) is 17.4 Å². The van der Waals surface area contributed by atoms with E-state index in [1.807, 2.05) is 0 Å². The number of aromatic nitrogens is 2.